The van der Waals surface area contributed by atoms with Gasteiger partial charge in [-0.05, 0) is 31.9 Å². The second-order valence-corrected chi connectivity index (χ2v) is 7.53. The summed E-state index contributed by atoms with van der Waals surface area (Å²) in [7, 11) is 0. The van der Waals surface area contributed by atoms with E-state index < -0.39 is 11.8 Å². The first-order valence-corrected chi connectivity index (χ1v) is 10.1. The maximum Gasteiger partial charge on any atom is 0.321 e. The smallest absolute Gasteiger partial charge is 0.321 e. The number of piperazine rings is 1. The van der Waals surface area contributed by atoms with Crippen molar-refractivity contribution in [3.8, 4) is 11.4 Å². The topological polar surface area (TPSA) is 115 Å². The Bertz CT molecular complexity index is 943. The van der Waals surface area contributed by atoms with Crippen LogP contribution in [-0.2, 0) is 9.59 Å². The van der Waals surface area contributed by atoms with Gasteiger partial charge in [0.05, 0.1) is 0 Å². The van der Waals surface area contributed by atoms with Crippen molar-refractivity contribution in [2.24, 2.45) is 0 Å². The molecule has 2 saturated heterocycles. The van der Waals surface area contributed by atoms with Crippen LogP contribution in [0, 0.1) is 6.92 Å². The molecule has 0 spiro atoms. The average molecular weight is 411 g/mol. The summed E-state index contributed by atoms with van der Waals surface area (Å²) in [5.74, 6) is 0.393. The largest absolute Gasteiger partial charge is 0.334 e. The van der Waals surface area contributed by atoms with Gasteiger partial charge in [0, 0.05) is 50.5 Å². The maximum atomic E-state index is 12.6. The molecule has 10 nitrogen and oxygen atoms in total. The number of H-pyrrole nitrogens is 1. The Hall–Kier alpha value is -3.43. The van der Waals surface area contributed by atoms with Crippen LogP contribution in [0.5, 0.6) is 0 Å². The van der Waals surface area contributed by atoms with Crippen LogP contribution in [-0.4, -0.2) is 87.0 Å². The summed E-state index contributed by atoms with van der Waals surface area (Å²) in [5, 5.41) is 9.82. The highest BCUT2D eigenvalue weighted by Crippen LogP contribution is 2.20. The highest BCUT2D eigenvalue weighted by Gasteiger charge is 2.31. The Labute approximate surface area is 174 Å². The van der Waals surface area contributed by atoms with Crippen molar-refractivity contribution in [2.75, 3.05) is 44.6 Å². The van der Waals surface area contributed by atoms with Crippen LogP contribution in [0.2, 0.25) is 0 Å². The van der Waals surface area contributed by atoms with E-state index in [2.05, 4.69) is 20.5 Å². The van der Waals surface area contributed by atoms with Gasteiger partial charge in [-0.3, -0.25) is 14.7 Å². The van der Waals surface area contributed by atoms with Gasteiger partial charge in [0.25, 0.3) is 0 Å². The fourth-order valence-corrected chi connectivity index (χ4v) is 3.71. The number of aromatic nitrogens is 3. The molecule has 4 amide bonds. The van der Waals surface area contributed by atoms with Crippen LogP contribution in [0.15, 0.2) is 24.3 Å². The SMILES string of the molecule is Cc1nc(-c2cccc(NC(=O)N3CCN(C(=O)C(=O)N4CCCC4)CC3)c2)n[nH]1. The van der Waals surface area contributed by atoms with Crippen LogP contribution in [0.3, 0.4) is 0 Å². The number of urea groups is 1. The van der Waals surface area contributed by atoms with Crippen molar-refractivity contribution in [1.82, 2.24) is 29.9 Å². The standard InChI is InChI=1S/C20H25N7O3/c1-14-21-17(24-23-14)15-5-4-6-16(13-15)22-20(30)27-11-9-26(10-12-27)19(29)18(28)25-7-2-3-8-25/h4-6,13H,2-3,7-12H2,1H3,(H,22,30)(H,21,23,24). The number of hydrogen-bond donors (Lipinski definition) is 2. The van der Waals surface area contributed by atoms with Crippen molar-refractivity contribution < 1.29 is 14.4 Å². The zero-order valence-electron chi connectivity index (χ0n) is 16.9. The number of benzene rings is 1. The summed E-state index contributed by atoms with van der Waals surface area (Å²) in [5.41, 5.74) is 1.44. The first-order chi connectivity index (χ1) is 14.5. The number of aromatic amines is 1. The first-order valence-electron chi connectivity index (χ1n) is 10.1. The van der Waals surface area contributed by atoms with Crippen molar-refractivity contribution >= 4 is 23.5 Å². The van der Waals surface area contributed by atoms with Crippen LogP contribution >= 0.6 is 0 Å². The van der Waals surface area contributed by atoms with E-state index in [0.717, 1.165) is 24.2 Å². The van der Waals surface area contributed by atoms with E-state index >= 15 is 0 Å². The molecule has 0 unspecified atom stereocenters. The van der Waals surface area contributed by atoms with Crippen molar-refractivity contribution in [3.63, 3.8) is 0 Å². The van der Waals surface area contributed by atoms with Gasteiger partial charge in [-0.15, -0.1) is 0 Å². The Kier molecular flexibility index (Phi) is 5.64. The monoisotopic (exact) mass is 411 g/mol. The highest BCUT2D eigenvalue weighted by atomic mass is 16.2. The van der Waals surface area contributed by atoms with E-state index in [9.17, 15) is 14.4 Å². The summed E-state index contributed by atoms with van der Waals surface area (Å²) >= 11 is 0. The molecule has 2 aliphatic rings. The molecular weight excluding hydrogens is 386 g/mol. The van der Waals surface area contributed by atoms with Gasteiger partial charge in [0.2, 0.25) is 0 Å². The fraction of sp³-hybridized carbons (Fsp3) is 0.450. The lowest BCUT2D eigenvalue weighted by atomic mass is 10.2. The lowest BCUT2D eigenvalue weighted by Crippen LogP contribution is -2.54. The number of carbonyl (C=O) groups excluding carboxylic acids is 3. The third-order valence-electron chi connectivity index (χ3n) is 5.40. The van der Waals surface area contributed by atoms with E-state index in [-0.39, 0.29) is 6.03 Å². The van der Waals surface area contributed by atoms with Crippen LogP contribution in [0.4, 0.5) is 10.5 Å². The van der Waals surface area contributed by atoms with Crippen molar-refractivity contribution in [3.05, 3.63) is 30.1 Å². The summed E-state index contributed by atoms with van der Waals surface area (Å²) < 4.78 is 0. The molecule has 0 saturated carbocycles. The minimum Gasteiger partial charge on any atom is -0.334 e. The second kappa shape index (κ2) is 8.52. The van der Waals surface area contributed by atoms with Crippen LogP contribution in [0.1, 0.15) is 18.7 Å². The number of anilines is 1. The third kappa shape index (κ3) is 4.27. The van der Waals surface area contributed by atoms with Gasteiger partial charge < -0.3 is 20.0 Å². The quantitative estimate of drug-likeness (QED) is 0.718. The lowest BCUT2D eigenvalue weighted by molar-refractivity contribution is -0.152. The van der Waals surface area contributed by atoms with Crippen LogP contribution < -0.4 is 5.32 Å². The third-order valence-corrected chi connectivity index (χ3v) is 5.40. The minimum atomic E-state index is -0.466. The Morgan fingerprint density at radius 2 is 1.57 bits per heavy atom. The Morgan fingerprint density at radius 1 is 0.933 bits per heavy atom. The van der Waals surface area contributed by atoms with E-state index in [1.54, 1.807) is 15.9 Å². The molecular formula is C20H25N7O3. The molecule has 158 valence electrons. The number of rotatable bonds is 2. The fourth-order valence-electron chi connectivity index (χ4n) is 3.71. The van der Waals surface area contributed by atoms with E-state index in [1.807, 2.05) is 25.1 Å². The van der Waals surface area contributed by atoms with Gasteiger partial charge in [0.15, 0.2) is 5.82 Å². The van der Waals surface area contributed by atoms with E-state index in [4.69, 9.17) is 0 Å². The molecule has 0 bridgehead atoms. The Balaban J connectivity index is 1.31. The Morgan fingerprint density at radius 3 is 2.20 bits per heavy atom. The number of nitrogens with one attached hydrogen (secondary N) is 2. The van der Waals surface area contributed by atoms with Crippen LogP contribution in [0.25, 0.3) is 11.4 Å². The molecule has 1 aromatic carbocycles. The van der Waals surface area contributed by atoms with Gasteiger partial charge in [-0.2, -0.15) is 5.10 Å². The number of carbonyl (C=O) groups is 3. The summed E-state index contributed by atoms with van der Waals surface area (Å²) in [4.78, 5) is 46.4. The predicted molar refractivity (Wildman–Crippen MR) is 110 cm³/mol. The number of aryl methyl sites for hydroxylation is 1. The van der Waals surface area contributed by atoms with E-state index in [0.29, 0.717) is 50.8 Å². The summed E-state index contributed by atoms with van der Waals surface area (Å²) in [6.45, 7) is 4.59. The molecule has 2 fully saturated rings. The molecule has 2 N–H and O–H groups in total. The van der Waals surface area contributed by atoms with Gasteiger partial charge >= 0.3 is 17.8 Å². The molecule has 30 heavy (non-hydrogen) atoms. The second-order valence-electron chi connectivity index (χ2n) is 7.53. The van der Waals surface area contributed by atoms with Gasteiger partial charge in [0.1, 0.15) is 5.82 Å². The highest BCUT2D eigenvalue weighted by molar-refractivity contribution is 6.35. The lowest BCUT2D eigenvalue weighted by Gasteiger charge is -2.34. The molecule has 3 heterocycles. The molecule has 0 aliphatic carbocycles. The van der Waals surface area contributed by atoms with Crippen molar-refractivity contribution in [1.29, 1.82) is 0 Å². The van der Waals surface area contributed by atoms with Crippen molar-refractivity contribution in [2.45, 2.75) is 19.8 Å². The number of nitrogens with zero attached hydrogens (tertiary/aromatic N) is 5. The molecule has 0 radical (unpaired) electrons. The normalized spacial score (nSPS) is 16.6. The molecule has 2 aliphatic heterocycles. The maximum absolute atomic E-state index is 12.6. The number of likely N-dealkylation sites (tertiary alicyclic amines) is 1. The van der Waals surface area contributed by atoms with Gasteiger partial charge in [-0.25, -0.2) is 9.78 Å². The van der Waals surface area contributed by atoms with Gasteiger partial charge in [-0.1, -0.05) is 12.1 Å². The minimum absolute atomic E-state index is 0.240. The zero-order chi connectivity index (χ0) is 21.1. The first kappa shape index (κ1) is 19.9. The molecule has 10 heteroatoms. The molecule has 1 aromatic heterocycles. The summed E-state index contributed by atoms with van der Waals surface area (Å²) in [6, 6.07) is 7.08. The number of amides is 4. The average Bonchev–Trinajstić information content (AvgIpc) is 3.45. The van der Waals surface area contributed by atoms with E-state index in [1.165, 1.54) is 4.90 Å². The molecule has 2 aromatic rings. The molecule has 0 atom stereocenters. The number of hydrogen-bond acceptors (Lipinski definition) is 5. The molecule has 4 rings (SSSR count). The summed E-state index contributed by atoms with van der Waals surface area (Å²) in [6.07, 6.45) is 1.90. The predicted octanol–water partition coefficient (Wildman–Crippen LogP) is 1.08. The zero-order valence-corrected chi connectivity index (χ0v) is 16.9.